The largest absolute Gasteiger partial charge is 0.299 e. The Morgan fingerprint density at radius 3 is 2.09 bits per heavy atom. The average Bonchev–Trinajstić information content (AvgIpc) is 1.77. The fourth-order valence-electron chi connectivity index (χ4n) is 2.17. The highest BCUT2D eigenvalue weighted by Crippen LogP contribution is 2.43. The van der Waals surface area contributed by atoms with Crippen LogP contribution in [0.4, 0.5) is 0 Å². The summed E-state index contributed by atoms with van der Waals surface area (Å²) >= 11 is 0. The first-order valence-corrected chi connectivity index (χ1v) is 4.37. The van der Waals surface area contributed by atoms with Gasteiger partial charge >= 0.3 is 0 Å². The second kappa shape index (κ2) is 2.33. The van der Waals surface area contributed by atoms with Crippen molar-refractivity contribution < 1.29 is 4.79 Å². The van der Waals surface area contributed by atoms with E-state index in [-0.39, 0.29) is 5.41 Å². The molecule has 0 atom stereocenters. The quantitative estimate of drug-likeness (QED) is 0.524. The SMILES string of the molecule is CC1(C)CCC(=O)C(C)(C)C1. The van der Waals surface area contributed by atoms with Crippen molar-refractivity contribution >= 4 is 5.78 Å². The van der Waals surface area contributed by atoms with E-state index >= 15 is 0 Å². The molecule has 0 aliphatic heterocycles. The molecule has 0 amide bonds. The van der Waals surface area contributed by atoms with Gasteiger partial charge in [-0.3, -0.25) is 4.79 Å². The van der Waals surface area contributed by atoms with E-state index in [2.05, 4.69) is 27.7 Å². The summed E-state index contributed by atoms with van der Waals surface area (Å²) in [7, 11) is 0. The molecule has 1 nitrogen and oxygen atoms in total. The monoisotopic (exact) mass is 154 g/mol. The Morgan fingerprint density at radius 2 is 1.73 bits per heavy atom. The molecule has 1 fully saturated rings. The lowest BCUT2D eigenvalue weighted by Gasteiger charge is -2.39. The summed E-state index contributed by atoms with van der Waals surface area (Å²) in [5, 5.41) is 0. The standard InChI is InChI=1S/C10H18O/c1-9(2)6-5-8(11)10(3,4)7-9/h5-7H2,1-4H3. The summed E-state index contributed by atoms with van der Waals surface area (Å²) in [6.45, 7) is 8.63. The highest BCUT2D eigenvalue weighted by atomic mass is 16.1. The van der Waals surface area contributed by atoms with E-state index in [4.69, 9.17) is 0 Å². The maximum Gasteiger partial charge on any atom is 0.138 e. The minimum atomic E-state index is -0.0677. The normalized spacial score (nSPS) is 28.5. The Bertz CT molecular complexity index is 177. The first-order valence-electron chi connectivity index (χ1n) is 4.37. The molecule has 64 valence electrons. The van der Waals surface area contributed by atoms with Crippen molar-refractivity contribution in [3.63, 3.8) is 0 Å². The van der Waals surface area contributed by atoms with Gasteiger partial charge in [0.1, 0.15) is 5.78 Å². The summed E-state index contributed by atoms with van der Waals surface area (Å²) < 4.78 is 0. The maximum absolute atomic E-state index is 11.4. The molecule has 0 bridgehead atoms. The molecule has 0 saturated heterocycles. The molecule has 0 heterocycles. The van der Waals surface area contributed by atoms with Crippen LogP contribution in [0.15, 0.2) is 0 Å². The number of hydrogen-bond acceptors (Lipinski definition) is 1. The third-order valence-corrected chi connectivity index (χ3v) is 2.70. The predicted octanol–water partition coefficient (Wildman–Crippen LogP) is 2.79. The summed E-state index contributed by atoms with van der Waals surface area (Å²) in [6.07, 6.45) is 2.88. The van der Waals surface area contributed by atoms with Gasteiger partial charge in [0, 0.05) is 11.8 Å². The molecule has 0 aromatic carbocycles. The van der Waals surface area contributed by atoms with Crippen molar-refractivity contribution in [2.24, 2.45) is 10.8 Å². The van der Waals surface area contributed by atoms with Crippen molar-refractivity contribution in [3.8, 4) is 0 Å². The van der Waals surface area contributed by atoms with E-state index in [0.29, 0.717) is 11.2 Å². The molecule has 11 heavy (non-hydrogen) atoms. The lowest BCUT2D eigenvalue weighted by Crippen LogP contribution is -2.36. The van der Waals surface area contributed by atoms with Crippen LogP contribution in [0.3, 0.4) is 0 Å². The Morgan fingerprint density at radius 1 is 1.18 bits per heavy atom. The van der Waals surface area contributed by atoms with Gasteiger partial charge in [0.15, 0.2) is 0 Å². The van der Waals surface area contributed by atoms with Crippen molar-refractivity contribution in [2.75, 3.05) is 0 Å². The number of carbonyl (C=O) groups is 1. The average molecular weight is 154 g/mol. The van der Waals surface area contributed by atoms with Crippen LogP contribution in [0.5, 0.6) is 0 Å². The van der Waals surface area contributed by atoms with Crippen LogP contribution in [0.2, 0.25) is 0 Å². The van der Waals surface area contributed by atoms with Crippen LogP contribution in [-0.2, 0) is 4.79 Å². The fourth-order valence-corrected chi connectivity index (χ4v) is 2.17. The Balaban J connectivity index is 2.75. The Labute approximate surface area is 69.2 Å². The molecule has 1 aliphatic carbocycles. The molecule has 0 radical (unpaired) electrons. The van der Waals surface area contributed by atoms with Crippen molar-refractivity contribution in [1.82, 2.24) is 0 Å². The molecule has 1 saturated carbocycles. The first-order chi connectivity index (χ1) is 4.83. The van der Waals surface area contributed by atoms with Gasteiger partial charge in [0.25, 0.3) is 0 Å². The van der Waals surface area contributed by atoms with Gasteiger partial charge in [-0.25, -0.2) is 0 Å². The van der Waals surface area contributed by atoms with Gasteiger partial charge in [-0.2, -0.15) is 0 Å². The Hall–Kier alpha value is -0.330. The number of carbonyl (C=O) groups excluding carboxylic acids is 1. The van der Waals surface area contributed by atoms with Gasteiger partial charge in [-0.15, -0.1) is 0 Å². The molecule has 0 aromatic heterocycles. The third kappa shape index (κ3) is 1.82. The van der Waals surface area contributed by atoms with Crippen LogP contribution in [-0.4, -0.2) is 5.78 Å². The van der Waals surface area contributed by atoms with E-state index in [1.54, 1.807) is 0 Å². The molecule has 1 aliphatic rings. The molecule has 1 rings (SSSR count). The highest BCUT2D eigenvalue weighted by molar-refractivity contribution is 5.84. The number of ketones is 1. The minimum absolute atomic E-state index is 0.0677. The van der Waals surface area contributed by atoms with Crippen LogP contribution in [0.25, 0.3) is 0 Å². The number of rotatable bonds is 0. The van der Waals surface area contributed by atoms with Gasteiger partial charge < -0.3 is 0 Å². The number of Topliss-reactive ketones (excluding diaryl/α,β-unsaturated/α-hetero) is 1. The summed E-state index contributed by atoms with van der Waals surface area (Å²) in [4.78, 5) is 11.4. The van der Waals surface area contributed by atoms with Gasteiger partial charge in [0.05, 0.1) is 0 Å². The second-order valence-corrected chi connectivity index (χ2v) is 5.15. The van der Waals surface area contributed by atoms with Crippen LogP contribution in [0.1, 0.15) is 47.0 Å². The van der Waals surface area contributed by atoms with E-state index < -0.39 is 0 Å². The summed E-state index contributed by atoms with van der Waals surface area (Å²) in [5.74, 6) is 0.442. The second-order valence-electron chi connectivity index (χ2n) is 5.15. The first kappa shape index (κ1) is 8.76. The van der Waals surface area contributed by atoms with Crippen molar-refractivity contribution in [1.29, 1.82) is 0 Å². The molecular formula is C10H18O. The zero-order valence-corrected chi connectivity index (χ0v) is 8.03. The van der Waals surface area contributed by atoms with Gasteiger partial charge in [-0.05, 0) is 18.3 Å². The van der Waals surface area contributed by atoms with Crippen LogP contribution >= 0.6 is 0 Å². The molecule has 0 unspecified atom stereocenters. The zero-order chi connectivity index (χ0) is 8.70. The van der Waals surface area contributed by atoms with Crippen molar-refractivity contribution in [2.45, 2.75) is 47.0 Å². The maximum atomic E-state index is 11.4. The minimum Gasteiger partial charge on any atom is -0.299 e. The molecule has 0 aromatic rings. The van der Waals surface area contributed by atoms with Gasteiger partial charge in [-0.1, -0.05) is 27.7 Å². The van der Waals surface area contributed by atoms with Crippen molar-refractivity contribution in [3.05, 3.63) is 0 Å². The molecule has 0 spiro atoms. The predicted molar refractivity (Wildman–Crippen MR) is 46.4 cm³/mol. The molecule has 1 heteroatoms. The lowest BCUT2D eigenvalue weighted by molar-refractivity contribution is -0.132. The Kier molecular flexibility index (Phi) is 1.85. The number of hydrogen-bond donors (Lipinski definition) is 0. The molecule has 0 N–H and O–H groups in total. The van der Waals surface area contributed by atoms with E-state index in [1.165, 1.54) is 0 Å². The van der Waals surface area contributed by atoms with E-state index in [9.17, 15) is 4.79 Å². The smallest absolute Gasteiger partial charge is 0.138 e. The highest BCUT2D eigenvalue weighted by Gasteiger charge is 2.38. The van der Waals surface area contributed by atoms with Crippen LogP contribution < -0.4 is 0 Å². The third-order valence-electron chi connectivity index (χ3n) is 2.70. The molecular weight excluding hydrogens is 136 g/mol. The topological polar surface area (TPSA) is 17.1 Å². The van der Waals surface area contributed by atoms with Gasteiger partial charge in [0.2, 0.25) is 0 Å². The van der Waals surface area contributed by atoms with E-state index in [0.717, 1.165) is 19.3 Å². The van der Waals surface area contributed by atoms with E-state index in [1.807, 2.05) is 0 Å². The fraction of sp³-hybridized carbons (Fsp3) is 0.900. The lowest BCUT2D eigenvalue weighted by atomic mass is 9.65. The zero-order valence-electron chi connectivity index (χ0n) is 8.03. The summed E-state index contributed by atoms with van der Waals surface area (Å²) in [5.41, 5.74) is 0.305. The summed E-state index contributed by atoms with van der Waals surface area (Å²) in [6, 6.07) is 0. The van der Waals surface area contributed by atoms with Crippen LogP contribution in [0, 0.1) is 10.8 Å².